The number of nitrogens with one attached hydrogen (secondary N) is 1. The van der Waals surface area contributed by atoms with Crippen molar-refractivity contribution in [1.82, 2.24) is 5.32 Å². The predicted molar refractivity (Wildman–Crippen MR) is 77.9 cm³/mol. The summed E-state index contributed by atoms with van der Waals surface area (Å²) < 4.78 is 1.13. The SMILES string of the molecule is CNC(CCC1CC1)c1ccc(I)c(Cl)c1. The molecule has 1 aromatic rings. The second kappa shape index (κ2) is 5.69. The van der Waals surface area contributed by atoms with Crippen LogP contribution in [-0.2, 0) is 0 Å². The molecule has 16 heavy (non-hydrogen) atoms. The molecule has 1 fully saturated rings. The topological polar surface area (TPSA) is 12.0 Å². The minimum Gasteiger partial charge on any atom is -0.313 e. The molecule has 0 radical (unpaired) electrons. The van der Waals surface area contributed by atoms with Crippen molar-refractivity contribution in [3.05, 3.63) is 32.4 Å². The largest absolute Gasteiger partial charge is 0.313 e. The Morgan fingerprint density at radius 1 is 1.50 bits per heavy atom. The standard InChI is InChI=1S/C13H17ClIN/c1-16-13(7-4-9-2-3-9)10-5-6-12(15)11(14)8-10/h5-6,8-9,13,16H,2-4,7H2,1H3. The van der Waals surface area contributed by atoms with Gasteiger partial charge in [-0.25, -0.2) is 0 Å². The Hall–Kier alpha value is 0.200. The van der Waals surface area contributed by atoms with Gasteiger partial charge in [-0.1, -0.05) is 30.5 Å². The smallest absolute Gasteiger partial charge is 0.0542 e. The van der Waals surface area contributed by atoms with Gasteiger partial charge in [0.1, 0.15) is 0 Å². The van der Waals surface area contributed by atoms with E-state index in [1.54, 1.807) is 0 Å². The van der Waals surface area contributed by atoms with E-state index in [1.807, 2.05) is 7.05 Å². The van der Waals surface area contributed by atoms with Gasteiger partial charge >= 0.3 is 0 Å². The van der Waals surface area contributed by atoms with Gasteiger partial charge in [0.05, 0.1) is 5.02 Å². The van der Waals surface area contributed by atoms with Crippen molar-refractivity contribution in [1.29, 1.82) is 0 Å². The van der Waals surface area contributed by atoms with Crippen molar-refractivity contribution < 1.29 is 0 Å². The molecule has 1 atom stereocenters. The highest BCUT2D eigenvalue weighted by molar-refractivity contribution is 14.1. The maximum absolute atomic E-state index is 6.15. The van der Waals surface area contributed by atoms with Crippen LogP contribution < -0.4 is 5.32 Å². The van der Waals surface area contributed by atoms with Crippen molar-refractivity contribution in [2.45, 2.75) is 31.7 Å². The molecule has 1 saturated carbocycles. The Bertz CT molecular complexity index is 363. The molecule has 1 unspecified atom stereocenters. The molecule has 0 aromatic heterocycles. The molecule has 0 spiro atoms. The third kappa shape index (κ3) is 3.34. The van der Waals surface area contributed by atoms with Crippen LogP contribution in [0, 0.1) is 9.49 Å². The van der Waals surface area contributed by atoms with E-state index in [4.69, 9.17) is 11.6 Å². The highest BCUT2D eigenvalue weighted by Crippen LogP contribution is 2.36. The lowest BCUT2D eigenvalue weighted by Crippen LogP contribution is -2.16. The summed E-state index contributed by atoms with van der Waals surface area (Å²) in [5.74, 6) is 0.996. The van der Waals surface area contributed by atoms with Gasteiger partial charge in [-0.3, -0.25) is 0 Å². The maximum Gasteiger partial charge on any atom is 0.0542 e. The molecule has 0 bridgehead atoms. The first-order chi connectivity index (χ1) is 7.70. The molecule has 1 N–H and O–H groups in total. The average Bonchev–Trinajstić information content (AvgIpc) is 3.08. The average molecular weight is 350 g/mol. The van der Waals surface area contributed by atoms with Gasteiger partial charge in [-0.05, 0) is 66.1 Å². The van der Waals surface area contributed by atoms with Crippen LogP contribution in [0.2, 0.25) is 5.02 Å². The Morgan fingerprint density at radius 3 is 2.81 bits per heavy atom. The van der Waals surface area contributed by atoms with E-state index in [-0.39, 0.29) is 0 Å². The van der Waals surface area contributed by atoms with Crippen LogP contribution in [-0.4, -0.2) is 7.05 Å². The first-order valence-corrected chi connectivity index (χ1v) is 7.28. The van der Waals surface area contributed by atoms with Gasteiger partial charge in [-0.15, -0.1) is 0 Å². The van der Waals surface area contributed by atoms with Crippen LogP contribution in [0.5, 0.6) is 0 Å². The minimum absolute atomic E-state index is 0.454. The van der Waals surface area contributed by atoms with Gasteiger partial charge in [0.15, 0.2) is 0 Å². The molecule has 1 nitrogen and oxygen atoms in total. The first-order valence-electron chi connectivity index (χ1n) is 5.83. The quantitative estimate of drug-likeness (QED) is 0.777. The van der Waals surface area contributed by atoms with Gasteiger partial charge in [0.25, 0.3) is 0 Å². The summed E-state index contributed by atoms with van der Waals surface area (Å²) in [4.78, 5) is 0. The lowest BCUT2D eigenvalue weighted by atomic mass is 10.0. The summed E-state index contributed by atoms with van der Waals surface area (Å²) in [6.45, 7) is 0. The fourth-order valence-electron chi connectivity index (χ4n) is 2.02. The summed E-state index contributed by atoms with van der Waals surface area (Å²) in [7, 11) is 2.03. The van der Waals surface area contributed by atoms with Crippen LogP contribution in [0.3, 0.4) is 0 Å². The monoisotopic (exact) mass is 349 g/mol. The highest BCUT2D eigenvalue weighted by Gasteiger charge is 2.22. The Kier molecular flexibility index (Phi) is 4.50. The molecular formula is C13H17ClIN. The van der Waals surface area contributed by atoms with Crippen LogP contribution >= 0.6 is 34.2 Å². The highest BCUT2D eigenvalue weighted by atomic mass is 127. The van der Waals surface area contributed by atoms with E-state index >= 15 is 0 Å². The first kappa shape index (κ1) is 12.7. The third-order valence-electron chi connectivity index (χ3n) is 3.26. The zero-order valence-electron chi connectivity index (χ0n) is 9.47. The van der Waals surface area contributed by atoms with Crippen molar-refractivity contribution in [3.8, 4) is 0 Å². The molecule has 0 amide bonds. The van der Waals surface area contributed by atoms with Crippen LogP contribution in [0.1, 0.15) is 37.3 Å². The summed E-state index contributed by atoms with van der Waals surface area (Å²) in [6, 6.07) is 6.83. The van der Waals surface area contributed by atoms with E-state index in [0.717, 1.165) is 14.5 Å². The van der Waals surface area contributed by atoms with Gasteiger partial charge in [0.2, 0.25) is 0 Å². The van der Waals surface area contributed by atoms with Gasteiger partial charge < -0.3 is 5.32 Å². The van der Waals surface area contributed by atoms with Crippen LogP contribution in [0.4, 0.5) is 0 Å². The second-order valence-electron chi connectivity index (χ2n) is 4.54. The van der Waals surface area contributed by atoms with Crippen LogP contribution in [0.15, 0.2) is 18.2 Å². The lowest BCUT2D eigenvalue weighted by Gasteiger charge is -2.17. The van der Waals surface area contributed by atoms with Crippen molar-refractivity contribution >= 4 is 34.2 Å². The molecular weight excluding hydrogens is 333 g/mol. The minimum atomic E-state index is 0.454. The number of benzene rings is 1. The Labute approximate surface area is 116 Å². The van der Waals surface area contributed by atoms with Crippen LogP contribution in [0.25, 0.3) is 0 Å². The summed E-state index contributed by atoms with van der Waals surface area (Å²) in [5, 5.41) is 4.25. The van der Waals surface area contributed by atoms with E-state index in [9.17, 15) is 0 Å². The number of hydrogen-bond donors (Lipinski definition) is 1. The van der Waals surface area contributed by atoms with Crippen molar-refractivity contribution in [2.75, 3.05) is 7.05 Å². The lowest BCUT2D eigenvalue weighted by molar-refractivity contribution is 0.506. The summed E-state index contributed by atoms with van der Waals surface area (Å²) >= 11 is 8.42. The molecule has 0 heterocycles. The second-order valence-corrected chi connectivity index (χ2v) is 6.10. The van der Waals surface area contributed by atoms with E-state index in [1.165, 1.54) is 31.2 Å². The van der Waals surface area contributed by atoms with Crippen molar-refractivity contribution in [3.63, 3.8) is 0 Å². The third-order valence-corrected chi connectivity index (χ3v) is 4.83. The number of halogens is 2. The zero-order valence-corrected chi connectivity index (χ0v) is 12.4. The Balaban J connectivity index is 2.02. The van der Waals surface area contributed by atoms with E-state index in [2.05, 4.69) is 46.1 Å². The Morgan fingerprint density at radius 2 is 2.25 bits per heavy atom. The van der Waals surface area contributed by atoms with Gasteiger partial charge in [-0.2, -0.15) is 0 Å². The zero-order chi connectivity index (χ0) is 11.5. The maximum atomic E-state index is 6.15. The molecule has 1 aliphatic carbocycles. The van der Waals surface area contributed by atoms with Crippen molar-refractivity contribution in [2.24, 2.45) is 5.92 Å². The normalized spacial score (nSPS) is 17.4. The summed E-state index contributed by atoms with van der Waals surface area (Å²) in [6.07, 6.45) is 5.43. The number of rotatable bonds is 5. The molecule has 1 aliphatic rings. The molecule has 3 heteroatoms. The molecule has 1 aromatic carbocycles. The fourth-order valence-corrected chi connectivity index (χ4v) is 2.54. The molecule has 0 aliphatic heterocycles. The predicted octanol–water partition coefficient (Wildman–Crippen LogP) is 4.40. The molecule has 0 saturated heterocycles. The van der Waals surface area contributed by atoms with E-state index < -0.39 is 0 Å². The van der Waals surface area contributed by atoms with E-state index in [0.29, 0.717) is 6.04 Å². The fraction of sp³-hybridized carbons (Fsp3) is 0.538. The molecule has 2 rings (SSSR count). The van der Waals surface area contributed by atoms with Gasteiger partial charge in [0, 0.05) is 9.61 Å². The number of hydrogen-bond acceptors (Lipinski definition) is 1. The summed E-state index contributed by atoms with van der Waals surface area (Å²) in [5.41, 5.74) is 1.31. The molecule has 88 valence electrons.